The van der Waals surface area contributed by atoms with Crippen molar-refractivity contribution in [3.05, 3.63) is 0 Å². The van der Waals surface area contributed by atoms with Gasteiger partial charge < -0.3 is 14.3 Å². The first-order chi connectivity index (χ1) is 5.61. The smallest absolute Gasteiger partial charge is 0.126 e. The fraction of sp³-hybridized carbons (Fsp3) is 0.889. The van der Waals surface area contributed by atoms with Crippen LogP contribution in [0.3, 0.4) is 0 Å². The molecule has 3 heteroatoms. The van der Waals surface area contributed by atoms with E-state index in [0.717, 1.165) is 6.29 Å². The van der Waals surface area contributed by atoms with E-state index in [9.17, 15) is 4.79 Å². The van der Waals surface area contributed by atoms with Gasteiger partial charge in [-0.15, -0.1) is 0 Å². The Balaban J connectivity index is 2.66. The lowest BCUT2D eigenvalue weighted by atomic mass is 9.78. The Bertz CT molecular complexity index is 165. The number of aldehydes is 1. The monoisotopic (exact) mass is 172 g/mol. The van der Waals surface area contributed by atoms with Gasteiger partial charge in [0.05, 0.1) is 19.3 Å². The van der Waals surface area contributed by atoms with E-state index in [1.54, 1.807) is 7.11 Å². The molecule has 12 heavy (non-hydrogen) atoms. The Morgan fingerprint density at radius 1 is 1.50 bits per heavy atom. The maximum atomic E-state index is 10.8. The van der Waals surface area contributed by atoms with Crippen LogP contribution in [-0.4, -0.2) is 32.7 Å². The number of hydrogen-bond acceptors (Lipinski definition) is 3. The fourth-order valence-electron chi connectivity index (χ4n) is 1.55. The van der Waals surface area contributed by atoms with E-state index in [1.807, 2.05) is 13.8 Å². The summed E-state index contributed by atoms with van der Waals surface area (Å²) in [6, 6.07) is 0. The molecule has 70 valence electrons. The summed E-state index contributed by atoms with van der Waals surface area (Å²) in [6.45, 7) is 5.08. The predicted molar refractivity (Wildman–Crippen MR) is 45.0 cm³/mol. The van der Waals surface area contributed by atoms with Crippen LogP contribution in [0.1, 0.15) is 13.8 Å². The second kappa shape index (κ2) is 3.54. The van der Waals surface area contributed by atoms with Gasteiger partial charge in [-0.25, -0.2) is 0 Å². The first kappa shape index (κ1) is 9.68. The zero-order chi connectivity index (χ0) is 9.19. The quantitative estimate of drug-likeness (QED) is 0.593. The molecule has 0 amide bonds. The molecule has 1 heterocycles. The van der Waals surface area contributed by atoms with Crippen molar-refractivity contribution in [1.29, 1.82) is 0 Å². The summed E-state index contributed by atoms with van der Waals surface area (Å²) in [5.41, 5.74) is -0.336. The van der Waals surface area contributed by atoms with E-state index >= 15 is 0 Å². The molecule has 0 aliphatic carbocycles. The van der Waals surface area contributed by atoms with Gasteiger partial charge in [-0.05, 0) is 0 Å². The van der Waals surface area contributed by atoms with Gasteiger partial charge in [0.1, 0.15) is 6.29 Å². The highest BCUT2D eigenvalue weighted by Gasteiger charge is 2.39. The molecule has 0 saturated carbocycles. The number of ether oxygens (including phenoxy) is 2. The third-order valence-electron chi connectivity index (χ3n) is 2.59. The second-order valence-corrected chi connectivity index (χ2v) is 3.86. The molecular formula is C9H16O3. The highest BCUT2D eigenvalue weighted by Crippen LogP contribution is 2.32. The number of carbonyl (C=O) groups is 1. The number of methoxy groups -OCH3 is 1. The van der Waals surface area contributed by atoms with E-state index in [-0.39, 0.29) is 17.4 Å². The minimum atomic E-state index is -0.336. The minimum absolute atomic E-state index is 0.0743. The third kappa shape index (κ3) is 1.67. The average molecular weight is 172 g/mol. The van der Waals surface area contributed by atoms with Crippen molar-refractivity contribution in [3.63, 3.8) is 0 Å². The molecule has 0 spiro atoms. The maximum Gasteiger partial charge on any atom is 0.126 e. The molecule has 2 atom stereocenters. The summed E-state index contributed by atoms with van der Waals surface area (Å²) in [5.74, 6) is 0.194. The lowest BCUT2D eigenvalue weighted by Crippen LogP contribution is -2.35. The Labute approximate surface area is 73.0 Å². The summed E-state index contributed by atoms with van der Waals surface area (Å²) in [7, 11) is 1.66. The van der Waals surface area contributed by atoms with Crippen LogP contribution in [0.4, 0.5) is 0 Å². The van der Waals surface area contributed by atoms with Crippen LogP contribution in [0.5, 0.6) is 0 Å². The zero-order valence-electron chi connectivity index (χ0n) is 7.87. The lowest BCUT2D eigenvalue weighted by Gasteiger charge is -2.28. The third-order valence-corrected chi connectivity index (χ3v) is 2.59. The molecule has 2 unspecified atom stereocenters. The van der Waals surface area contributed by atoms with Crippen molar-refractivity contribution in [3.8, 4) is 0 Å². The molecule has 1 saturated heterocycles. The maximum absolute atomic E-state index is 10.8. The fourth-order valence-corrected chi connectivity index (χ4v) is 1.55. The lowest BCUT2D eigenvalue weighted by molar-refractivity contribution is -0.119. The number of carbonyl (C=O) groups excluding carboxylic acids is 1. The summed E-state index contributed by atoms with van der Waals surface area (Å²) < 4.78 is 10.5. The first-order valence-corrected chi connectivity index (χ1v) is 4.18. The summed E-state index contributed by atoms with van der Waals surface area (Å²) >= 11 is 0. The van der Waals surface area contributed by atoms with E-state index in [2.05, 4.69) is 0 Å². The Kier molecular flexibility index (Phi) is 2.85. The standard InChI is InChI=1S/C9H16O3/c1-9(2,6-10)7-4-12-5-8(7)11-3/h6-8H,4-5H2,1-3H3. The molecule has 1 rings (SSSR count). The summed E-state index contributed by atoms with van der Waals surface area (Å²) in [4.78, 5) is 10.8. The van der Waals surface area contributed by atoms with Gasteiger partial charge in [0, 0.05) is 18.4 Å². The van der Waals surface area contributed by atoms with Gasteiger partial charge in [0.2, 0.25) is 0 Å². The van der Waals surface area contributed by atoms with Crippen molar-refractivity contribution in [1.82, 2.24) is 0 Å². The predicted octanol–water partition coefficient (Wildman–Crippen LogP) is 0.873. The first-order valence-electron chi connectivity index (χ1n) is 4.18. The summed E-state index contributed by atoms with van der Waals surface area (Å²) in [6.07, 6.45) is 1.06. The second-order valence-electron chi connectivity index (χ2n) is 3.86. The molecule has 1 aliphatic heterocycles. The summed E-state index contributed by atoms with van der Waals surface area (Å²) in [5, 5.41) is 0. The molecular weight excluding hydrogens is 156 g/mol. The molecule has 1 aliphatic rings. The van der Waals surface area contributed by atoms with Crippen molar-refractivity contribution in [2.24, 2.45) is 11.3 Å². The van der Waals surface area contributed by atoms with Crippen molar-refractivity contribution < 1.29 is 14.3 Å². The van der Waals surface area contributed by atoms with Crippen LogP contribution in [0.2, 0.25) is 0 Å². The molecule has 0 radical (unpaired) electrons. The normalized spacial score (nSPS) is 30.6. The molecule has 0 aromatic heterocycles. The average Bonchev–Trinajstić information content (AvgIpc) is 2.52. The van der Waals surface area contributed by atoms with Crippen LogP contribution >= 0.6 is 0 Å². The molecule has 1 fully saturated rings. The van der Waals surface area contributed by atoms with Crippen LogP contribution < -0.4 is 0 Å². The van der Waals surface area contributed by atoms with Gasteiger partial charge in [0.15, 0.2) is 0 Å². The SMILES string of the molecule is COC1COCC1C(C)(C)C=O. The highest BCUT2D eigenvalue weighted by molar-refractivity contribution is 5.58. The molecule has 3 nitrogen and oxygen atoms in total. The van der Waals surface area contributed by atoms with E-state index in [4.69, 9.17) is 9.47 Å². The van der Waals surface area contributed by atoms with Crippen LogP contribution in [0.25, 0.3) is 0 Å². The minimum Gasteiger partial charge on any atom is -0.379 e. The molecule has 0 aromatic carbocycles. The van der Waals surface area contributed by atoms with Gasteiger partial charge in [0.25, 0.3) is 0 Å². The topological polar surface area (TPSA) is 35.5 Å². The molecule has 0 aromatic rings. The Morgan fingerprint density at radius 2 is 2.17 bits per heavy atom. The van der Waals surface area contributed by atoms with E-state index in [0.29, 0.717) is 13.2 Å². The van der Waals surface area contributed by atoms with Gasteiger partial charge >= 0.3 is 0 Å². The number of hydrogen-bond donors (Lipinski definition) is 0. The largest absolute Gasteiger partial charge is 0.379 e. The van der Waals surface area contributed by atoms with Crippen LogP contribution in [0, 0.1) is 11.3 Å². The van der Waals surface area contributed by atoms with Crippen LogP contribution in [-0.2, 0) is 14.3 Å². The van der Waals surface area contributed by atoms with Gasteiger partial charge in [-0.3, -0.25) is 0 Å². The Morgan fingerprint density at radius 3 is 2.67 bits per heavy atom. The zero-order valence-corrected chi connectivity index (χ0v) is 7.87. The number of rotatable bonds is 3. The van der Waals surface area contributed by atoms with E-state index < -0.39 is 0 Å². The van der Waals surface area contributed by atoms with Crippen molar-refractivity contribution in [2.75, 3.05) is 20.3 Å². The Hall–Kier alpha value is -0.410. The molecule has 0 bridgehead atoms. The van der Waals surface area contributed by atoms with Crippen LogP contribution in [0.15, 0.2) is 0 Å². The van der Waals surface area contributed by atoms with Crippen molar-refractivity contribution >= 4 is 6.29 Å². The van der Waals surface area contributed by atoms with Gasteiger partial charge in [-0.2, -0.15) is 0 Å². The van der Waals surface area contributed by atoms with E-state index in [1.165, 1.54) is 0 Å². The highest BCUT2D eigenvalue weighted by atomic mass is 16.5. The van der Waals surface area contributed by atoms with Crippen molar-refractivity contribution in [2.45, 2.75) is 20.0 Å². The molecule has 0 N–H and O–H groups in total. The van der Waals surface area contributed by atoms with Gasteiger partial charge in [-0.1, -0.05) is 13.8 Å².